The molecule has 0 spiro atoms. The van der Waals surface area contributed by atoms with Crippen LogP contribution < -0.4 is 14.8 Å². The van der Waals surface area contributed by atoms with Gasteiger partial charge in [-0.25, -0.2) is 4.98 Å². The Morgan fingerprint density at radius 1 is 1.13 bits per heavy atom. The van der Waals surface area contributed by atoms with Gasteiger partial charge in [0.05, 0.1) is 20.4 Å². The van der Waals surface area contributed by atoms with Crippen LogP contribution in [0.4, 0.5) is 11.5 Å². The van der Waals surface area contributed by atoms with E-state index in [0.717, 1.165) is 29.1 Å². The van der Waals surface area contributed by atoms with Crippen LogP contribution in [0.2, 0.25) is 0 Å². The summed E-state index contributed by atoms with van der Waals surface area (Å²) in [5.41, 5.74) is 5.56. The van der Waals surface area contributed by atoms with Crippen LogP contribution in [0.15, 0.2) is 48.9 Å². The number of imidazole rings is 1. The number of anilines is 2. The van der Waals surface area contributed by atoms with Crippen molar-refractivity contribution in [3.63, 3.8) is 0 Å². The van der Waals surface area contributed by atoms with Gasteiger partial charge in [-0.15, -0.1) is 0 Å². The second kappa shape index (κ2) is 7.94. The van der Waals surface area contributed by atoms with Gasteiger partial charge < -0.3 is 19.9 Å². The molecule has 0 aliphatic carbocycles. The van der Waals surface area contributed by atoms with Crippen molar-refractivity contribution in [1.29, 1.82) is 0 Å². The number of phenolic OH excluding ortho intramolecular Hbond substituents is 1. The summed E-state index contributed by atoms with van der Waals surface area (Å²) in [6.07, 6.45) is 6.20. The summed E-state index contributed by atoms with van der Waals surface area (Å²) in [4.78, 5) is 8.99. The Hall–Kier alpha value is -3.74. The smallest absolute Gasteiger partial charge is 0.200 e. The summed E-state index contributed by atoms with van der Waals surface area (Å²) in [6, 6.07) is 9.76. The third-order valence-electron chi connectivity index (χ3n) is 5.17. The molecule has 4 rings (SSSR count). The third-order valence-corrected chi connectivity index (χ3v) is 5.17. The number of aryl methyl sites for hydroxylation is 2. The summed E-state index contributed by atoms with van der Waals surface area (Å²) < 4.78 is 12.6. The van der Waals surface area contributed by atoms with E-state index in [-0.39, 0.29) is 5.75 Å². The first-order valence-corrected chi connectivity index (χ1v) is 9.70. The Kier molecular flexibility index (Phi) is 5.18. The van der Waals surface area contributed by atoms with Gasteiger partial charge in [-0.05, 0) is 36.6 Å². The zero-order valence-corrected chi connectivity index (χ0v) is 17.4. The molecule has 0 bridgehead atoms. The number of aromatic nitrogens is 3. The molecule has 0 atom stereocenters. The lowest BCUT2D eigenvalue weighted by atomic mass is 10.1. The number of methoxy groups -OCH3 is 2. The number of hydrogen-bond acceptors (Lipinski definition) is 6. The van der Waals surface area contributed by atoms with Gasteiger partial charge >= 0.3 is 0 Å². The zero-order valence-electron chi connectivity index (χ0n) is 17.4. The lowest BCUT2D eigenvalue weighted by Gasteiger charge is -2.16. The van der Waals surface area contributed by atoms with E-state index in [1.54, 1.807) is 24.5 Å². The lowest BCUT2D eigenvalue weighted by Crippen LogP contribution is -2.02. The SMILES string of the molecule is CCc1cccc(C)c1Nc1c(-c2cc(OC)c(O)c(OC)c2)nc2cnccn12. The lowest BCUT2D eigenvalue weighted by molar-refractivity contribution is 0.340. The topological polar surface area (TPSA) is 80.9 Å². The van der Waals surface area contributed by atoms with Crippen molar-refractivity contribution in [2.75, 3.05) is 19.5 Å². The minimum Gasteiger partial charge on any atom is -0.502 e. The number of aromatic hydroxyl groups is 1. The molecule has 0 aliphatic rings. The molecule has 4 aromatic rings. The fourth-order valence-corrected chi connectivity index (χ4v) is 3.58. The molecule has 2 aromatic carbocycles. The van der Waals surface area contributed by atoms with E-state index >= 15 is 0 Å². The van der Waals surface area contributed by atoms with Crippen LogP contribution >= 0.6 is 0 Å². The van der Waals surface area contributed by atoms with E-state index in [1.807, 2.05) is 10.6 Å². The molecule has 0 aliphatic heterocycles. The Morgan fingerprint density at radius 2 is 1.87 bits per heavy atom. The average Bonchev–Trinajstić information content (AvgIpc) is 3.13. The average molecular weight is 404 g/mol. The van der Waals surface area contributed by atoms with Gasteiger partial charge in [0, 0.05) is 23.6 Å². The van der Waals surface area contributed by atoms with Crippen LogP contribution in [0.3, 0.4) is 0 Å². The molecule has 0 radical (unpaired) electrons. The molecular formula is C23H24N4O3. The highest BCUT2D eigenvalue weighted by Crippen LogP contribution is 2.42. The Balaban J connectivity index is 1.95. The molecule has 0 unspecified atom stereocenters. The van der Waals surface area contributed by atoms with Gasteiger partial charge in [0.1, 0.15) is 11.5 Å². The molecule has 2 heterocycles. The summed E-state index contributed by atoms with van der Waals surface area (Å²) >= 11 is 0. The van der Waals surface area contributed by atoms with E-state index in [2.05, 4.69) is 42.3 Å². The first-order valence-electron chi connectivity index (χ1n) is 9.70. The largest absolute Gasteiger partial charge is 0.502 e. The predicted octanol–water partition coefficient (Wildman–Crippen LogP) is 4.73. The summed E-state index contributed by atoms with van der Waals surface area (Å²) in [7, 11) is 3.01. The van der Waals surface area contributed by atoms with Crippen molar-refractivity contribution in [3.05, 3.63) is 60.0 Å². The molecule has 2 N–H and O–H groups in total. The highest BCUT2D eigenvalue weighted by atomic mass is 16.5. The molecule has 0 saturated carbocycles. The normalized spacial score (nSPS) is 10.9. The second-order valence-corrected chi connectivity index (χ2v) is 6.93. The molecular weight excluding hydrogens is 380 g/mol. The number of nitrogens with one attached hydrogen (secondary N) is 1. The fraction of sp³-hybridized carbons (Fsp3) is 0.217. The molecule has 0 saturated heterocycles. The van der Waals surface area contributed by atoms with Crippen molar-refractivity contribution in [3.8, 4) is 28.5 Å². The van der Waals surface area contributed by atoms with Crippen LogP contribution in [-0.2, 0) is 6.42 Å². The maximum absolute atomic E-state index is 10.3. The molecule has 2 aromatic heterocycles. The predicted molar refractivity (Wildman–Crippen MR) is 117 cm³/mol. The fourth-order valence-electron chi connectivity index (χ4n) is 3.58. The zero-order chi connectivity index (χ0) is 21.3. The highest BCUT2D eigenvalue weighted by Gasteiger charge is 2.20. The van der Waals surface area contributed by atoms with Gasteiger partial charge in [-0.3, -0.25) is 9.38 Å². The van der Waals surface area contributed by atoms with Crippen LogP contribution in [0, 0.1) is 6.92 Å². The van der Waals surface area contributed by atoms with Gasteiger partial charge in [-0.2, -0.15) is 0 Å². The van der Waals surface area contributed by atoms with Crippen molar-refractivity contribution < 1.29 is 14.6 Å². The molecule has 7 nitrogen and oxygen atoms in total. The van der Waals surface area contributed by atoms with Crippen LogP contribution in [-0.4, -0.2) is 33.7 Å². The standard InChI is InChI=1S/C23H24N4O3/c1-5-15-8-6-7-14(2)20(15)26-23-21(25-19-13-24-9-10-27(19)23)16-11-17(29-3)22(28)18(12-16)30-4/h6-13,26,28H,5H2,1-4H3. The van der Waals surface area contributed by atoms with Gasteiger partial charge in [0.15, 0.2) is 17.1 Å². The van der Waals surface area contributed by atoms with E-state index in [4.69, 9.17) is 14.5 Å². The highest BCUT2D eigenvalue weighted by molar-refractivity contribution is 5.83. The van der Waals surface area contributed by atoms with E-state index in [1.165, 1.54) is 19.8 Å². The molecule has 30 heavy (non-hydrogen) atoms. The Bertz CT molecular complexity index is 1190. The Morgan fingerprint density at radius 3 is 2.53 bits per heavy atom. The third kappa shape index (κ3) is 3.28. The second-order valence-electron chi connectivity index (χ2n) is 6.93. The minimum atomic E-state index is -0.0455. The monoisotopic (exact) mass is 404 g/mol. The van der Waals surface area contributed by atoms with Gasteiger partial charge in [0.25, 0.3) is 0 Å². The summed E-state index contributed by atoms with van der Waals surface area (Å²) in [5.74, 6) is 1.38. The van der Waals surface area contributed by atoms with E-state index in [9.17, 15) is 5.11 Å². The number of benzene rings is 2. The first kappa shape index (κ1) is 19.6. The molecule has 0 amide bonds. The number of rotatable bonds is 6. The van der Waals surface area contributed by atoms with Crippen LogP contribution in [0.25, 0.3) is 16.9 Å². The number of para-hydroxylation sites is 1. The Labute approximate surface area is 174 Å². The summed E-state index contributed by atoms with van der Waals surface area (Å²) in [6.45, 7) is 4.22. The maximum Gasteiger partial charge on any atom is 0.200 e. The van der Waals surface area contributed by atoms with Crippen molar-refractivity contribution in [2.24, 2.45) is 0 Å². The number of fused-ring (bicyclic) bond motifs is 1. The first-order chi connectivity index (χ1) is 14.6. The quantitative estimate of drug-likeness (QED) is 0.483. The van der Waals surface area contributed by atoms with E-state index < -0.39 is 0 Å². The minimum absolute atomic E-state index is 0.0455. The number of hydrogen-bond donors (Lipinski definition) is 2. The molecule has 154 valence electrons. The van der Waals surface area contributed by atoms with Crippen LogP contribution in [0.5, 0.6) is 17.2 Å². The summed E-state index contributed by atoms with van der Waals surface area (Å²) in [5, 5.41) is 13.9. The van der Waals surface area contributed by atoms with Crippen molar-refractivity contribution in [2.45, 2.75) is 20.3 Å². The van der Waals surface area contributed by atoms with Crippen LogP contribution in [0.1, 0.15) is 18.1 Å². The van der Waals surface area contributed by atoms with Gasteiger partial charge in [-0.1, -0.05) is 25.1 Å². The van der Waals surface area contributed by atoms with E-state index in [0.29, 0.717) is 22.8 Å². The van der Waals surface area contributed by atoms with Gasteiger partial charge in [0.2, 0.25) is 5.75 Å². The van der Waals surface area contributed by atoms with Crippen molar-refractivity contribution in [1.82, 2.24) is 14.4 Å². The number of ether oxygens (including phenoxy) is 2. The number of nitrogens with zero attached hydrogens (tertiary/aromatic N) is 3. The van der Waals surface area contributed by atoms with Crippen molar-refractivity contribution >= 4 is 17.2 Å². The molecule has 0 fully saturated rings. The molecule has 7 heteroatoms. The number of phenols is 1. The maximum atomic E-state index is 10.3.